The van der Waals surface area contributed by atoms with Crippen molar-refractivity contribution in [1.29, 1.82) is 0 Å². The van der Waals surface area contributed by atoms with Crippen LogP contribution in [-0.4, -0.2) is 51.5 Å². The van der Waals surface area contributed by atoms with Gasteiger partial charge in [0.15, 0.2) is 0 Å². The molecule has 1 saturated heterocycles. The van der Waals surface area contributed by atoms with Crippen LogP contribution in [0.5, 0.6) is 5.88 Å². The lowest BCUT2D eigenvalue weighted by Crippen LogP contribution is -2.22. The molecule has 8 heteroatoms. The highest BCUT2D eigenvalue weighted by molar-refractivity contribution is 5.83. The number of nitrogens with zero attached hydrogens (tertiary/aromatic N) is 5. The summed E-state index contributed by atoms with van der Waals surface area (Å²) in [5.41, 5.74) is 3.38. The van der Waals surface area contributed by atoms with Crippen LogP contribution in [0, 0.1) is 0 Å². The maximum atomic E-state index is 5.69. The Labute approximate surface area is 186 Å². The van der Waals surface area contributed by atoms with E-state index >= 15 is 0 Å². The summed E-state index contributed by atoms with van der Waals surface area (Å²) in [6.45, 7) is 2.86. The van der Waals surface area contributed by atoms with E-state index in [1.807, 2.05) is 12.1 Å². The fourth-order valence-electron chi connectivity index (χ4n) is 4.38. The van der Waals surface area contributed by atoms with Crippen LogP contribution in [-0.2, 0) is 18.3 Å². The van der Waals surface area contributed by atoms with Crippen LogP contribution in [0.1, 0.15) is 30.3 Å². The van der Waals surface area contributed by atoms with Gasteiger partial charge >= 0.3 is 0 Å². The molecule has 0 bridgehead atoms. The number of benzene rings is 1. The molecule has 3 aromatic heterocycles. The second kappa shape index (κ2) is 9.10. The normalized spacial score (nSPS) is 16.8. The summed E-state index contributed by atoms with van der Waals surface area (Å²) < 4.78 is 18.4. The Morgan fingerprint density at radius 2 is 2.06 bits per heavy atom. The van der Waals surface area contributed by atoms with Crippen molar-refractivity contribution in [3.8, 4) is 17.3 Å². The molecule has 0 radical (unpaired) electrons. The second-order valence-electron chi connectivity index (χ2n) is 8.09. The van der Waals surface area contributed by atoms with Gasteiger partial charge in [0.25, 0.3) is 0 Å². The highest BCUT2D eigenvalue weighted by Gasteiger charge is 2.31. The van der Waals surface area contributed by atoms with Gasteiger partial charge in [0, 0.05) is 55.6 Å². The van der Waals surface area contributed by atoms with E-state index in [1.54, 1.807) is 13.3 Å². The maximum absolute atomic E-state index is 5.69. The minimum Gasteiger partial charge on any atom is -0.475 e. The van der Waals surface area contributed by atoms with Gasteiger partial charge in [-0.15, -0.1) is 0 Å². The van der Waals surface area contributed by atoms with Crippen LogP contribution in [0.2, 0.25) is 0 Å². The third-order valence-corrected chi connectivity index (χ3v) is 5.98. The minimum absolute atomic E-state index is 0.125. The second-order valence-corrected chi connectivity index (χ2v) is 8.09. The number of hydrogen-bond acceptors (Lipinski definition) is 7. The van der Waals surface area contributed by atoms with E-state index in [-0.39, 0.29) is 6.04 Å². The number of aromatic nitrogens is 4. The summed E-state index contributed by atoms with van der Waals surface area (Å²) >= 11 is 0. The van der Waals surface area contributed by atoms with Crippen molar-refractivity contribution in [3.63, 3.8) is 0 Å². The van der Waals surface area contributed by atoms with Crippen molar-refractivity contribution in [2.45, 2.75) is 25.4 Å². The summed E-state index contributed by atoms with van der Waals surface area (Å²) in [7, 11) is 3.74. The Morgan fingerprint density at radius 1 is 1.16 bits per heavy atom. The summed E-state index contributed by atoms with van der Waals surface area (Å²) in [6, 6.07) is 12.4. The Bertz CT molecular complexity index is 1180. The predicted molar refractivity (Wildman–Crippen MR) is 120 cm³/mol. The zero-order chi connectivity index (χ0) is 21.9. The molecule has 166 valence electrons. The molecule has 0 aliphatic carbocycles. The molecular formula is C24H27N5O3. The zero-order valence-electron chi connectivity index (χ0n) is 18.4. The first-order valence-electron chi connectivity index (χ1n) is 10.9. The molecule has 1 fully saturated rings. The van der Waals surface area contributed by atoms with Crippen LogP contribution < -0.4 is 4.74 Å². The van der Waals surface area contributed by atoms with Gasteiger partial charge in [0.05, 0.1) is 12.6 Å². The third-order valence-electron chi connectivity index (χ3n) is 5.98. The molecule has 1 aliphatic heterocycles. The molecule has 8 nitrogen and oxygen atoms in total. The van der Waals surface area contributed by atoms with Crippen molar-refractivity contribution in [2.75, 3.05) is 26.9 Å². The van der Waals surface area contributed by atoms with Crippen molar-refractivity contribution in [1.82, 2.24) is 24.6 Å². The van der Waals surface area contributed by atoms with Crippen LogP contribution in [0.3, 0.4) is 0 Å². The Balaban J connectivity index is 1.31. The maximum Gasteiger partial charge on any atom is 0.244 e. The number of fused-ring (bicyclic) bond motifs is 1. The molecule has 1 aliphatic rings. The Morgan fingerprint density at radius 3 is 2.91 bits per heavy atom. The topological polar surface area (TPSA) is 78.4 Å². The largest absolute Gasteiger partial charge is 0.475 e. The van der Waals surface area contributed by atoms with Gasteiger partial charge < -0.3 is 18.6 Å². The van der Waals surface area contributed by atoms with E-state index in [0.717, 1.165) is 31.5 Å². The highest BCUT2D eigenvalue weighted by Crippen LogP contribution is 2.34. The number of aryl methyl sites for hydroxylation is 1. The lowest BCUT2D eigenvalue weighted by Gasteiger charge is -2.21. The van der Waals surface area contributed by atoms with Crippen LogP contribution >= 0.6 is 0 Å². The molecule has 0 amide bonds. The zero-order valence-corrected chi connectivity index (χ0v) is 18.4. The summed E-state index contributed by atoms with van der Waals surface area (Å²) in [5.74, 6) is 1.76. The quantitative estimate of drug-likeness (QED) is 0.389. The fourth-order valence-corrected chi connectivity index (χ4v) is 4.38. The number of likely N-dealkylation sites (tertiary alicyclic amines) is 1. The standard InChI is InChI=1S/C24H27N5O3/c1-28-15-18(19-6-3-4-7-20(19)28)16-29-11-5-8-21(29)24-26-23(27-32-24)17-9-10-22(25-14-17)31-13-12-30-2/h3-4,6-7,9-10,14-15,21H,5,8,11-13,16H2,1-2H3/t21-/m0/s1. The van der Waals surface area contributed by atoms with Crippen molar-refractivity contribution in [2.24, 2.45) is 7.05 Å². The number of methoxy groups -OCH3 is 1. The van der Waals surface area contributed by atoms with E-state index in [2.05, 4.69) is 57.1 Å². The van der Waals surface area contributed by atoms with Crippen molar-refractivity contribution >= 4 is 10.9 Å². The van der Waals surface area contributed by atoms with Crippen LogP contribution in [0.25, 0.3) is 22.3 Å². The van der Waals surface area contributed by atoms with E-state index in [0.29, 0.717) is 30.8 Å². The Kier molecular flexibility index (Phi) is 5.87. The molecule has 0 saturated carbocycles. The van der Waals surface area contributed by atoms with E-state index < -0.39 is 0 Å². The Hall–Kier alpha value is -3.23. The van der Waals surface area contributed by atoms with Gasteiger partial charge in [-0.05, 0) is 37.1 Å². The van der Waals surface area contributed by atoms with Gasteiger partial charge in [-0.1, -0.05) is 23.4 Å². The van der Waals surface area contributed by atoms with Crippen molar-refractivity contribution < 1.29 is 14.0 Å². The summed E-state index contributed by atoms with van der Waals surface area (Å²) in [4.78, 5) is 11.5. The van der Waals surface area contributed by atoms with Gasteiger partial charge in [0.1, 0.15) is 6.61 Å². The first-order chi connectivity index (χ1) is 15.7. The van der Waals surface area contributed by atoms with Crippen LogP contribution in [0.4, 0.5) is 0 Å². The van der Waals surface area contributed by atoms with Crippen LogP contribution in [0.15, 0.2) is 53.3 Å². The molecule has 1 atom stereocenters. The lowest BCUT2D eigenvalue weighted by atomic mass is 10.1. The van der Waals surface area contributed by atoms with Gasteiger partial charge in [-0.2, -0.15) is 4.98 Å². The van der Waals surface area contributed by atoms with Gasteiger partial charge in [0.2, 0.25) is 17.6 Å². The first kappa shape index (κ1) is 20.7. The molecular weight excluding hydrogens is 406 g/mol. The summed E-state index contributed by atoms with van der Waals surface area (Å²) in [5, 5.41) is 5.51. The number of pyridine rings is 1. The third kappa shape index (κ3) is 4.11. The minimum atomic E-state index is 0.125. The average molecular weight is 434 g/mol. The first-order valence-corrected chi connectivity index (χ1v) is 10.9. The number of rotatable bonds is 8. The fraction of sp³-hybridized carbons (Fsp3) is 0.375. The molecule has 4 heterocycles. The predicted octanol–water partition coefficient (Wildman–Crippen LogP) is 3.99. The molecule has 32 heavy (non-hydrogen) atoms. The van der Waals surface area contributed by atoms with E-state index in [1.165, 1.54) is 16.5 Å². The molecule has 4 aromatic rings. The van der Waals surface area contributed by atoms with E-state index in [4.69, 9.17) is 19.0 Å². The molecule has 0 N–H and O–H groups in total. The molecule has 0 unspecified atom stereocenters. The van der Waals surface area contributed by atoms with Gasteiger partial charge in [-0.25, -0.2) is 4.98 Å². The summed E-state index contributed by atoms with van der Waals surface area (Å²) in [6.07, 6.45) is 6.06. The number of hydrogen-bond donors (Lipinski definition) is 0. The number of ether oxygens (including phenoxy) is 2. The van der Waals surface area contributed by atoms with Crippen molar-refractivity contribution in [3.05, 3.63) is 60.2 Å². The molecule has 0 spiro atoms. The highest BCUT2D eigenvalue weighted by atomic mass is 16.5. The lowest BCUT2D eigenvalue weighted by molar-refractivity contribution is 0.144. The van der Waals surface area contributed by atoms with Gasteiger partial charge in [-0.3, -0.25) is 4.90 Å². The SMILES string of the molecule is COCCOc1ccc(-c2noc([C@@H]3CCCN3Cc3cn(C)c4ccccc34)n2)cn1. The monoisotopic (exact) mass is 433 g/mol. The van der Waals surface area contributed by atoms with E-state index in [9.17, 15) is 0 Å². The smallest absolute Gasteiger partial charge is 0.244 e. The molecule has 1 aromatic carbocycles. The number of para-hydroxylation sites is 1. The molecule has 5 rings (SSSR count). The average Bonchev–Trinajstić information content (AvgIpc) is 3.55.